The maximum atomic E-state index is 6.15. The Hall–Kier alpha value is -2.55. The van der Waals surface area contributed by atoms with Gasteiger partial charge in [-0.3, -0.25) is 0 Å². The molecule has 134 valence electrons. The lowest BCUT2D eigenvalue weighted by Gasteiger charge is -2.24. The third-order valence-corrected chi connectivity index (χ3v) is 5.25. The highest BCUT2D eigenvalue weighted by Gasteiger charge is 2.24. The summed E-state index contributed by atoms with van der Waals surface area (Å²) >= 11 is 0. The molecule has 2 aromatic heterocycles. The highest BCUT2D eigenvalue weighted by atomic mass is 16.3. The van der Waals surface area contributed by atoms with Gasteiger partial charge in [-0.05, 0) is 52.3 Å². The minimum atomic E-state index is -0.0277. The van der Waals surface area contributed by atoms with Crippen molar-refractivity contribution in [2.45, 2.75) is 51.9 Å². The molecule has 0 spiro atoms. The summed E-state index contributed by atoms with van der Waals surface area (Å²) < 4.78 is 6.15. The third kappa shape index (κ3) is 3.03. The van der Waals surface area contributed by atoms with Crippen LogP contribution in [0, 0.1) is 0 Å². The first-order chi connectivity index (χ1) is 12.2. The van der Waals surface area contributed by atoms with Crippen LogP contribution >= 0.6 is 0 Å². The van der Waals surface area contributed by atoms with Gasteiger partial charge < -0.3 is 9.40 Å². The van der Waals surface area contributed by atoms with Crippen molar-refractivity contribution in [3.63, 3.8) is 0 Å². The van der Waals surface area contributed by atoms with Gasteiger partial charge in [-0.25, -0.2) is 4.98 Å². The van der Waals surface area contributed by atoms with E-state index in [9.17, 15) is 0 Å². The van der Waals surface area contributed by atoms with Gasteiger partial charge in [-0.2, -0.15) is 0 Å². The Balaban J connectivity index is 1.66. The van der Waals surface area contributed by atoms with Crippen LogP contribution in [0.15, 0.2) is 53.2 Å². The molecule has 3 heteroatoms. The molecule has 0 saturated heterocycles. The van der Waals surface area contributed by atoms with E-state index in [1.165, 1.54) is 16.5 Å². The van der Waals surface area contributed by atoms with Crippen LogP contribution in [0.2, 0.25) is 0 Å². The summed E-state index contributed by atoms with van der Waals surface area (Å²) in [4.78, 5) is 7.51. The largest absolute Gasteiger partial charge is 0.461 e. The van der Waals surface area contributed by atoms with E-state index >= 15 is 0 Å². The first-order valence-electron chi connectivity index (χ1n) is 9.19. The number of aromatic amines is 1. The summed E-state index contributed by atoms with van der Waals surface area (Å²) in [6.07, 6.45) is 2.60. The second-order valence-electron chi connectivity index (χ2n) is 8.91. The minimum Gasteiger partial charge on any atom is -0.461 e. The third-order valence-electron chi connectivity index (χ3n) is 5.25. The molecular formula is C23H26N2O. The molecule has 0 saturated carbocycles. The molecular weight excluding hydrogens is 320 g/mol. The van der Waals surface area contributed by atoms with Gasteiger partial charge in [0.2, 0.25) is 0 Å². The van der Waals surface area contributed by atoms with Gasteiger partial charge in [0.05, 0.1) is 17.4 Å². The average molecular weight is 346 g/mol. The van der Waals surface area contributed by atoms with Crippen LogP contribution in [0.4, 0.5) is 0 Å². The van der Waals surface area contributed by atoms with Crippen molar-refractivity contribution in [1.29, 1.82) is 0 Å². The van der Waals surface area contributed by atoms with Gasteiger partial charge in [0.1, 0.15) is 11.3 Å². The summed E-state index contributed by atoms with van der Waals surface area (Å²) in [5, 5.41) is 1.19. The minimum absolute atomic E-state index is 0.0277. The Kier molecular flexibility index (Phi) is 3.72. The molecule has 4 aromatic rings. The van der Waals surface area contributed by atoms with Crippen molar-refractivity contribution < 1.29 is 4.42 Å². The number of rotatable bonds is 3. The standard InChI is InChI=1S/C23H26N2O/c1-22(2,3)16-7-9-21-15(10-16)11-18(26-21)13-23(4,5)17-6-8-19-20(12-17)25-14-24-19/h6-12,14H,13H2,1-5H3,(H,24,25). The maximum absolute atomic E-state index is 6.15. The van der Waals surface area contributed by atoms with Gasteiger partial charge in [0.15, 0.2) is 0 Å². The fourth-order valence-electron chi connectivity index (χ4n) is 3.55. The number of nitrogens with one attached hydrogen (secondary N) is 1. The lowest BCUT2D eigenvalue weighted by atomic mass is 9.80. The van der Waals surface area contributed by atoms with E-state index in [0.717, 1.165) is 28.8 Å². The van der Waals surface area contributed by atoms with Crippen LogP contribution in [-0.2, 0) is 17.3 Å². The van der Waals surface area contributed by atoms with Gasteiger partial charge >= 0.3 is 0 Å². The number of nitrogens with zero attached hydrogens (tertiary/aromatic N) is 1. The lowest BCUT2D eigenvalue weighted by molar-refractivity contribution is 0.447. The number of hydrogen-bond donors (Lipinski definition) is 1. The Labute approximate surface area is 154 Å². The van der Waals surface area contributed by atoms with E-state index < -0.39 is 0 Å². The van der Waals surface area contributed by atoms with Crippen LogP contribution in [0.25, 0.3) is 22.0 Å². The van der Waals surface area contributed by atoms with E-state index in [1.807, 2.05) is 0 Å². The molecule has 0 bridgehead atoms. The van der Waals surface area contributed by atoms with Gasteiger partial charge in [-0.15, -0.1) is 0 Å². The zero-order valence-corrected chi connectivity index (χ0v) is 16.2. The molecule has 0 amide bonds. The van der Waals surface area contributed by atoms with E-state index in [4.69, 9.17) is 4.42 Å². The van der Waals surface area contributed by atoms with E-state index in [0.29, 0.717) is 0 Å². The number of fused-ring (bicyclic) bond motifs is 2. The van der Waals surface area contributed by atoms with Crippen LogP contribution in [-0.4, -0.2) is 9.97 Å². The predicted octanol–water partition coefficient (Wildman–Crippen LogP) is 6.13. The van der Waals surface area contributed by atoms with Gasteiger partial charge in [-0.1, -0.05) is 46.8 Å². The second-order valence-corrected chi connectivity index (χ2v) is 8.91. The van der Waals surface area contributed by atoms with Crippen molar-refractivity contribution in [3.05, 3.63) is 65.7 Å². The Morgan fingerprint density at radius 2 is 1.69 bits per heavy atom. The number of H-pyrrole nitrogens is 1. The van der Waals surface area contributed by atoms with Crippen LogP contribution in [0.3, 0.4) is 0 Å². The molecule has 0 atom stereocenters. The molecule has 2 aromatic carbocycles. The average Bonchev–Trinajstić information content (AvgIpc) is 3.17. The number of aromatic nitrogens is 2. The predicted molar refractivity (Wildman–Crippen MR) is 108 cm³/mol. The molecule has 2 heterocycles. The molecule has 0 aliphatic rings. The molecule has 0 unspecified atom stereocenters. The van der Waals surface area contributed by atoms with Crippen molar-refractivity contribution in [3.8, 4) is 0 Å². The Morgan fingerprint density at radius 3 is 2.46 bits per heavy atom. The van der Waals surface area contributed by atoms with Gasteiger partial charge in [0.25, 0.3) is 0 Å². The molecule has 3 nitrogen and oxygen atoms in total. The van der Waals surface area contributed by atoms with Gasteiger partial charge in [0, 0.05) is 11.8 Å². The smallest absolute Gasteiger partial charge is 0.134 e. The van der Waals surface area contributed by atoms with Crippen molar-refractivity contribution in [1.82, 2.24) is 9.97 Å². The molecule has 0 fully saturated rings. The number of furan rings is 1. The fourth-order valence-corrected chi connectivity index (χ4v) is 3.55. The highest BCUT2D eigenvalue weighted by molar-refractivity contribution is 5.79. The van der Waals surface area contributed by atoms with E-state index in [-0.39, 0.29) is 10.8 Å². The second kappa shape index (κ2) is 5.73. The van der Waals surface area contributed by atoms with Crippen LogP contribution in [0.5, 0.6) is 0 Å². The highest BCUT2D eigenvalue weighted by Crippen LogP contribution is 2.33. The van der Waals surface area contributed by atoms with Crippen molar-refractivity contribution >= 4 is 22.0 Å². The Bertz CT molecular complexity index is 1080. The monoisotopic (exact) mass is 346 g/mol. The normalized spacial score (nSPS) is 13.0. The number of benzene rings is 2. The summed E-state index contributed by atoms with van der Waals surface area (Å²) in [5.74, 6) is 1.03. The molecule has 26 heavy (non-hydrogen) atoms. The number of hydrogen-bond acceptors (Lipinski definition) is 2. The molecule has 0 aliphatic heterocycles. The molecule has 1 N–H and O–H groups in total. The fraction of sp³-hybridized carbons (Fsp3) is 0.348. The molecule has 4 rings (SSSR count). The first kappa shape index (κ1) is 16.9. The molecule has 0 aliphatic carbocycles. The van der Waals surface area contributed by atoms with Crippen LogP contribution < -0.4 is 0 Å². The number of imidazole rings is 1. The van der Waals surface area contributed by atoms with Crippen molar-refractivity contribution in [2.24, 2.45) is 0 Å². The topological polar surface area (TPSA) is 41.8 Å². The summed E-state index contributed by atoms with van der Waals surface area (Å²) in [7, 11) is 0. The van der Waals surface area contributed by atoms with E-state index in [1.54, 1.807) is 6.33 Å². The molecule has 0 radical (unpaired) electrons. The summed E-state index contributed by atoms with van der Waals surface area (Å²) in [6, 6.07) is 15.2. The maximum Gasteiger partial charge on any atom is 0.134 e. The SMILES string of the molecule is CC(C)(C)c1ccc2oc(CC(C)(C)c3ccc4nc[nH]c4c3)cc2c1. The lowest BCUT2D eigenvalue weighted by Crippen LogP contribution is -2.20. The Morgan fingerprint density at radius 1 is 0.923 bits per heavy atom. The van der Waals surface area contributed by atoms with E-state index in [2.05, 4.69) is 87.1 Å². The first-order valence-corrected chi connectivity index (χ1v) is 9.19. The quantitative estimate of drug-likeness (QED) is 0.485. The zero-order valence-electron chi connectivity index (χ0n) is 16.2. The zero-order chi connectivity index (χ0) is 18.5. The summed E-state index contributed by atoms with van der Waals surface area (Å²) in [5.41, 5.74) is 5.78. The van der Waals surface area contributed by atoms with Crippen LogP contribution in [0.1, 0.15) is 51.5 Å². The van der Waals surface area contributed by atoms with Crippen molar-refractivity contribution in [2.75, 3.05) is 0 Å². The summed E-state index contributed by atoms with van der Waals surface area (Å²) in [6.45, 7) is 11.2.